The topological polar surface area (TPSA) is 69.0 Å². The van der Waals surface area contributed by atoms with Crippen molar-refractivity contribution in [2.75, 3.05) is 18.2 Å². The molecule has 0 saturated heterocycles. The van der Waals surface area contributed by atoms with Crippen LogP contribution in [-0.2, 0) is 11.3 Å². The Morgan fingerprint density at radius 2 is 2.07 bits per heavy atom. The number of rotatable bonds is 7. The lowest BCUT2D eigenvalue weighted by Crippen LogP contribution is -2.15. The molecule has 3 rings (SSSR count). The molecule has 0 unspecified atom stereocenters. The van der Waals surface area contributed by atoms with Crippen molar-refractivity contribution >= 4 is 39.3 Å². The molecule has 1 aromatic heterocycles. The van der Waals surface area contributed by atoms with Crippen molar-refractivity contribution in [3.63, 3.8) is 0 Å². The summed E-state index contributed by atoms with van der Waals surface area (Å²) in [5, 5.41) is 12.2. The predicted octanol–water partition coefficient (Wildman–Crippen LogP) is 4.78. The molecule has 2 aromatic carbocycles. The van der Waals surface area contributed by atoms with Gasteiger partial charge >= 0.3 is 0 Å². The van der Waals surface area contributed by atoms with Gasteiger partial charge in [-0.1, -0.05) is 39.8 Å². The standard InChI is InChI=1S/C20H21BrN4O2S/c1-4-25-19(14-6-5-7-16(11-14)27-3)23-24-20(25)28-12-18(26)22-17-9-8-15(21)10-13(17)2/h5-11H,4,12H2,1-3H3,(H,22,26). The highest BCUT2D eigenvalue weighted by Gasteiger charge is 2.15. The van der Waals surface area contributed by atoms with Crippen molar-refractivity contribution in [3.05, 3.63) is 52.5 Å². The summed E-state index contributed by atoms with van der Waals surface area (Å²) < 4.78 is 8.27. The number of amides is 1. The van der Waals surface area contributed by atoms with Crippen LogP contribution < -0.4 is 10.1 Å². The molecule has 1 N–H and O–H groups in total. The highest BCUT2D eigenvalue weighted by atomic mass is 79.9. The Morgan fingerprint density at radius 3 is 2.79 bits per heavy atom. The van der Waals surface area contributed by atoms with Gasteiger partial charge in [0.25, 0.3) is 0 Å². The highest BCUT2D eigenvalue weighted by Crippen LogP contribution is 2.27. The number of aryl methyl sites for hydroxylation is 1. The van der Waals surface area contributed by atoms with Gasteiger partial charge in [-0.3, -0.25) is 4.79 Å². The van der Waals surface area contributed by atoms with Crippen LogP contribution in [0.15, 0.2) is 52.1 Å². The van der Waals surface area contributed by atoms with Crippen molar-refractivity contribution in [1.29, 1.82) is 0 Å². The average molecular weight is 461 g/mol. The van der Waals surface area contributed by atoms with Crippen LogP contribution in [0.1, 0.15) is 12.5 Å². The van der Waals surface area contributed by atoms with Crippen LogP contribution in [0.25, 0.3) is 11.4 Å². The van der Waals surface area contributed by atoms with Gasteiger partial charge in [-0.15, -0.1) is 10.2 Å². The largest absolute Gasteiger partial charge is 0.497 e. The van der Waals surface area contributed by atoms with Crippen LogP contribution in [0.2, 0.25) is 0 Å². The summed E-state index contributed by atoms with van der Waals surface area (Å²) in [7, 11) is 1.64. The van der Waals surface area contributed by atoms with E-state index in [9.17, 15) is 4.79 Å². The molecular formula is C20H21BrN4O2S. The molecule has 0 aliphatic heterocycles. The van der Waals surface area contributed by atoms with E-state index in [1.165, 1.54) is 11.8 Å². The molecule has 8 heteroatoms. The van der Waals surface area contributed by atoms with Gasteiger partial charge in [0.1, 0.15) is 5.75 Å². The SMILES string of the molecule is CCn1c(SCC(=O)Nc2ccc(Br)cc2C)nnc1-c1cccc(OC)c1. The van der Waals surface area contributed by atoms with Crippen molar-refractivity contribution in [2.45, 2.75) is 25.5 Å². The average Bonchev–Trinajstić information content (AvgIpc) is 3.11. The smallest absolute Gasteiger partial charge is 0.234 e. The van der Waals surface area contributed by atoms with Crippen molar-refractivity contribution < 1.29 is 9.53 Å². The summed E-state index contributed by atoms with van der Waals surface area (Å²) in [6.45, 7) is 4.69. The van der Waals surface area contributed by atoms with Gasteiger partial charge in [0.05, 0.1) is 12.9 Å². The van der Waals surface area contributed by atoms with Crippen molar-refractivity contribution in [1.82, 2.24) is 14.8 Å². The minimum Gasteiger partial charge on any atom is -0.497 e. The van der Waals surface area contributed by atoms with Crippen LogP contribution in [0, 0.1) is 6.92 Å². The van der Waals surface area contributed by atoms with E-state index in [0.717, 1.165) is 32.9 Å². The van der Waals surface area contributed by atoms with Crippen molar-refractivity contribution in [3.8, 4) is 17.1 Å². The highest BCUT2D eigenvalue weighted by molar-refractivity contribution is 9.10. The molecule has 1 amide bonds. The first-order valence-electron chi connectivity index (χ1n) is 8.78. The minimum atomic E-state index is -0.0796. The molecule has 0 aliphatic rings. The van der Waals surface area contributed by atoms with Gasteiger partial charge in [-0.2, -0.15) is 0 Å². The zero-order chi connectivity index (χ0) is 20.1. The number of ether oxygens (including phenoxy) is 1. The monoisotopic (exact) mass is 460 g/mol. The number of nitrogens with one attached hydrogen (secondary N) is 1. The van der Waals surface area contributed by atoms with Crippen LogP contribution in [0.3, 0.4) is 0 Å². The van der Waals surface area contributed by atoms with Crippen LogP contribution in [0.4, 0.5) is 5.69 Å². The zero-order valence-corrected chi connectivity index (χ0v) is 18.3. The summed E-state index contributed by atoms with van der Waals surface area (Å²) in [6.07, 6.45) is 0. The summed E-state index contributed by atoms with van der Waals surface area (Å²) in [6, 6.07) is 13.5. The van der Waals surface area contributed by atoms with Gasteiger partial charge < -0.3 is 14.6 Å². The molecule has 0 radical (unpaired) electrons. The number of hydrogen-bond donors (Lipinski definition) is 1. The Hall–Kier alpha value is -2.32. The maximum atomic E-state index is 12.4. The lowest BCUT2D eigenvalue weighted by molar-refractivity contribution is -0.113. The Labute approximate surface area is 176 Å². The number of carbonyl (C=O) groups is 1. The molecular weight excluding hydrogens is 440 g/mol. The number of thioether (sulfide) groups is 1. The van der Waals surface area contributed by atoms with Gasteiger partial charge in [-0.25, -0.2) is 0 Å². The predicted molar refractivity (Wildman–Crippen MR) is 116 cm³/mol. The van der Waals surface area contributed by atoms with Gasteiger partial charge in [0.15, 0.2) is 11.0 Å². The Bertz CT molecular complexity index is 990. The Morgan fingerprint density at radius 1 is 1.25 bits per heavy atom. The van der Waals surface area contributed by atoms with E-state index in [0.29, 0.717) is 11.7 Å². The van der Waals surface area contributed by atoms with Gasteiger partial charge in [-0.05, 0) is 49.7 Å². The molecule has 0 saturated carbocycles. The fourth-order valence-electron chi connectivity index (χ4n) is 2.74. The Kier molecular flexibility index (Phi) is 6.74. The number of carbonyl (C=O) groups excluding carboxylic acids is 1. The zero-order valence-electron chi connectivity index (χ0n) is 15.9. The summed E-state index contributed by atoms with van der Waals surface area (Å²) in [5.74, 6) is 1.70. The minimum absolute atomic E-state index is 0.0796. The van der Waals surface area contributed by atoms with E-state index in [-0.39, 0.29) is 11.7 Å². The quantitative estimate of drug-likeness (QED) is 0.513. The first-order chi connectivity index (χ1) is 13.5. The van der Waals surface area contributed by atoms with Gasteiger partial charge in [0.2, 0.25) is 5.91 Å². The van der Waals surface area contributed by atoms with E-state index < -0.39 is 0 Å². The molecule has 0 fully saturated rings. The molecule has 28 heavy (non-hydrogen) atoms. The molecule has 0 spiro atoms. The second-order valence-corrected chi connectivity index (χ2v) is 7.94. The fourth-order valence-corrected chi connectivity index (χ4v) is 4.02. The third-order valence-electron chi connectivity index (χ3n) is 4.16. The Balaban J connectivity index is 1.70. The van der Waals surface area contributed by atoms with Crippen molar-refractivity contribution in [2.24, 2.45) is 0 Å². The molecule has 0 bridgehead atoms. The molecule has 146 valence electrons. The lowest BCUT2D eigenvalue weighted by atomic mass is 10.2. The molecule has 1 heterocycles. The van der Waals surface area contributed by atoms with Crippen LogP contribution >= 0.6 is 27.7 Å². The maximum Gasteiger partial charge on any atom is 0.234 e. The molecule has 0 aliphatic carbocycles. The summed E-state index contributed by atoms with van der Waals surface area (Å²) in [4.78, 5) is 12.4. The number of aromatic nitrogens is 3. The van der Waals surface area contributed by atoms with E-state index in [2.05, 4.69) is 31.4 Å². The molecule has 0 atom stereocenters. The second-order valence-electron chi connectivity index (χ2n) is 6.08. The van der Waals surface area contributed by atoms with Crippen LogP contribution in [0.5, 0.6) is 5.75 Å². The molecule has 6 nitrogen and oxygen atoms in total. The first-order valence-corrected chi connectivity index (χ1v) is 10.6. The third kappa shape index (κ3) is 4.74. The number of anilines is 1. The first kappa shape index (κ1) is 20.4. The van der Waals surface area contributed by atoms with E-state index in [1.54, 1.807) is 7.11 Å². The normalized spacial score (nSPS) is 10.7. The van der Waals surface area contributed by atoms with Crippen LogP contribution in [-0.4, -0.2) is 33.5 Å². The summed E-state index contributed by atoms with van der Waals surface area (Å²) in [5.41, 5.74) is 2.74. The van der Waals surface area contributed by atoms with E-state index in [1.807, 2.05) is 60.9 Å². The maximum absolute atomic E-state index is 12.4. The number of benzene rings is 2. The van der Waals surface area contributed by atoms with Gasteiger partial charge in [0, 0.05) is 22.3 Å². The number of methoxy groups -OCH3 is 1. The third-order valence-corrected chi connectivity index (χ3v) is 5.62. The van der Waals surface area contributed by atoms with E-state index in [4.69, 9.17) is 4.74 Å². The lowest BCUT2D eigenvalue weighted by Gasteiger charge is -2.10. The number of hydrogen-bond acceptors (Lipinski definition) is 5. The fraction of sp³-hybridized carbons (Fsp3) is 0.250. The summed E-state index contributed by atoms with van der Waals surface area (Å²) >= 11 is 4.80. The second kappa shape index (κ2) is 9.25. The number of nitrogens with zero attached hydrogens (tertiary/aromatic N) is 3. The molecule has 3 aromatic rings. The number of halogens is 1. The van der Waals surface area contributed by atoms with E-state index >= 15 is 0 Å².